The Hall–Kier alpha value is -3.65. The van der Waals surface area contributed by atoms with Gasteiger partial charge in [-0.15, -0.1) is 0 Å². The van der Waals surface area contributed by atoms with Crippen LogP contribution in [0.3, 0.4) is 0 Å². The molecule has 0 atom stereocenters. The van der Waals surface area contributed by atoms with Gasteiger partial charge in [0.15, 0.2) is 5.76 Å². The van der Waals surface area contributed by atoms with E-state index in [0.717, 1.165) is 16.8 Å². The molecular formula is C24H26FN3O4. The number of nitrogens with one attached hydrogen (secondary N) is 1. The SMILES string of the molecule is COCC(=O)N(Cc1ccc(F)cc1)Cc1cc(NC(=O)c2ccco2)ccc1N(C)C. The van der Waals surface area contributed by atoms with Gasteiger partial charge in [0.25, 0.3) is 5.91 Å². The van der Waals surface area contributed by atoms with E-state index in [-0.39, 0.29) is 36.5 Å². The van der Waals surface area contributed by atoms with Gasteiger partial charge in [0.2, 0.25) is 5.91 Å². The van der Waals surface area contributed by atoms with Crippen molar-refractivity contribution in [2.24, 2.45) is 0 Å². The van der Waals surface area contributed by atoms with E-state index in [2.05, 4.69) is 5.32 Å². The second kappa shape index (κ2) is 10.6. The molecule has 0 unspecified atom stereocenters. The number of carbonyl (C=O) groups is 2. The minimum Gasteiger partial charge on any atom is -0.459 e. The minimum absolute atomic E-state index is 0.0760. The molecule has 0 spiro atoms. The zero-order valence-electron chi connectivity index (χ0n) is 18.3. The Balaban J connectivity index is 1.87. The molecule has 0 saturated heterocycles. The van der Waals surface area contributed by atoms with Crippen LogP contribution in [0.15, 0.2) is 65.3 Å². The van der Waals surface area contributed by atoms with Crippen LogP contribution >= 0.6 is 0 Å². The average molecular weight is 439 g/mol. The quantitative estimate of drug-likeness (QED) is 0.547. The standard InChI is InChI=1S/C24H26FN3O4/c1-27(2)21-11-10-20(26-24(30)22-5-4-12-32-22)13-18(21)15-28(23(29)16-31-3)14-17-6-8-19(25)9-7-17/h4-13H,14-16H2,1-3H3,(H,26,30). The summed E-state index contributed by atoms with van der Waals surface area (Å²) >= 11 is 0. The second-order valence-electron chi connectivity index (χ2n) is 7.48. The molecule has 0 fully saturated rings. The number of amides is 2. The number of furan rings is 1. The van der Waals surface area contributed by atoms with E-state index in [0.29, 0.717) is 12.2 Å². The van der Waals surface area contributed by atoms with Crippen molar-refractivity contribution in [2.45, 2.75) is 13.1 Å². The van der Waals surface area contributed by atoms with Gasteiger partial charge in [-0.2, -0.15) is 0 Å². The number of anilines is 2. The molecule has 32 heavy (non-hydrogen) atoms. The fourth-order valence-corrected chi connectivity index (χ4v) is 3.29. The van der Waals surface area contributed by atoms with Gasteiger partial charge in [-0.3, -0.25) is 9.59 Å². The van der Waals surface area contributed by atoms with Crippen LogP contribution in [0, 0.1) is 5.82 Å². The first-order valence-corrected chi connectivity index (χ1v) is 10.0. The number of hydrogen-bond donors (Lipinski definition) is 1. The normalized spacial score (nSPS) is 10.6. The van der Waals surface area contributed by atoms with Crippen LogP contribution in [0.4, 0.5) is 15.8 Å². The van der Waals surface area contributed by atoms with Gasteiger partial charge in [-0.25, -0.2) is 4.39 Å². The molecule has 168 valence electrons. The first-order valence-electron chi connectivity index (χ1n) is 10.0. The van der Waals surface area contributed by atoms with Crippen LogP contribution < -0.4 is 10.2 Å². The smallest absolute Gasteiger partial charge is 0.291 e. The van der Waals surface area contributed by atoms with Crippen molar-refractivity contribution in [1.29, 1.82) is 0 Å². The van der Waals surface area contributed by atoms with E-state index in [1.165, 1.54) is 25.5 Å². The van der Waals surface area contributed by atoms with E-state index in [1.54, 1.807) is 35.2 Å². The third-order valence-corrected chi connectivity index (χ3v) is 4.83. The summed E-state index contributed by atoms with van der Waals surface area (Å²) in [6, 6.07) is 14.8. The third kappa shape index (κ3) is 5.95. The number of methoxy groups -OCH3 is 1. The highest BCUT2D eigenvalue weighted by molar-refractivity contribution is 6.02. The van der Waals surface area contributed by atoms with E-state index < -0.39 is 0 Å². The van der Waals surface area contributed by atoms with Gasteiger partial charge in [-0.05, 0) is 53.6 Å². The topological polar surface area (TPSA) is 75.0 Å². The van der Waals surface area contributed by atoms with Crippen molar-refractivity contribution in [1.82, 2.24) is 4.90 Å². The average Bonchev–Trinajstić information content (AvgIpc) is 3.30. The molecule has 3 rings (SSSR count). The summed E-state index contributed by atoms with van der Waals surface area (Å²) in [6.07, 6.45) is 1.43. The molecule has 7 nitrogen and oxygen atoms in total. The lowest BCUT2D eigenvalue weighted by molar-refractivity contribution is -0.136. The molecule has 0 bridgehead atoms. The number of hydrogen-bond acceptors (Lipinski definition) is 5. The Morgan fingerprint density at radius 2 is 1.81 bits per heavy atom. The molecule has 0 radical (unpaired) electrons. The molecule has 0 aliphatic heterocycles. The molecule has 2 aromatic carbocycles. The summed E-state index contributed by atoms with van der Waals surface area (Å²) in [7, 11) is 5.27. The Bertz CT molecular complexity index is 1050. The molecule has 1 N–H and O–H groups in total. The van der Waals surface area contributed by atoms with Crippen LogP contribution in [0.5, 0.6) is 0 Å². The van der Waals surface area contributed by atoms with Gasteiger partial charge in [0.1, 0.15) is 12.4 Å². The Labute approximate surface area is 186 Å². The van der Waals surface area contributed by atoms with Crippen LogP contribution in [-0.2, 0) is 22.6 Å². The van der Waals surface area contributed by atoms with Crippen molar-refractivity contribution in [3.8, 4) is 0 Å². The van der Waals surface area contributed by atoms with Crippen molar-refractivity contribution in [2.75, 3.05) is 38.0 Å². The summed E-state index contributed by atoms with van der Waals surface area (Å²) in [4.78, 5) is 28.7. The number of benzene rings is 2. The molecule has 0 saturated carbocycles. The van der Waals surface area contributed by atoms with E-state index in [9.17, 15) is 14.0 Å². The first kappa shape index (κ1) is 23.0. The second-order valence-corrected chi connectivity index (χ2v) is 7.48. The van der Waals surface area contributed by atoms with Crippen molar-refractivity contribution in [3.05, 3.63) is 83.6 Å². The van der Waals surface area contributed by atoms with Gasteiger partial charge >= 0.3 is 0 Å². The molecular weight excluding hydrogens is 413 g/mol. The van der Waals surface area contributed by atoms with Crippen LogP contribution in [0.2, 0.25) is 0 Å². The molecule has 2 amide bonds. The molecule has 8 heteroatoms. The highest BCUT2D eigenvalue weighted by atomic mass is 19.1. The maximum Gasteiger partial charge on any atom is 0.291 e. The molecule has 1 aromatic heterocycles. The molecule has 1 heterocycles. The number of carbonyl (C=O) groups excluding carboxylic acids is 2. The van der Waals surface area contributed by atoms with Crippen molar-refractivity contribution >= 4 is 23.2 Å². The fourth-order valence-electron chi connectivity index (χ4n) is 3.29. The van der Waals surface area contributed by atoms with E-state index >= 15 is 0 Å². The van der Waals surface area contributed by atoms with Crippen LogP contribution in [0.1, 0.15) is 21.7 Å². The van der Waals surface area contributed by atoms with Crippen molar-refractivity contribution in [3.63, 3.8) is 0 Å². The van der Waals surface area contributed by atoms with Gasteiger partial charge in [0, 0.05) is 45.7 Å². The summed E-state index contributed by atoms with van der Waals surface area (Å²) in [5.41, 5.74) is 3.10. The molecule has 3 aromatic rings. The fraction of sp³-hybridized carbons (Fsp3) is 0.250. The number of rotatable bonds is 9. The Morgan fingerprint density at radius 3 is 2.44 bits per heavy atom. The maximum atomic E-state index is 13.3. The van der Waals surface area contributed by atoms with Gasteiger partial charge in [0.05, 0.1) is 6.26 Å². The van der Waals surface area contributed by atoms with Crippen molar-refractivity contribution < 1.29 is 23.1 Å². The lowest BCUT2D eigenvalue weighted by Gasteiger charge is -2.26. The first-order chi connectivity index (χ1) is 15.4. The molecule has 0 aliphatic rings. The monoisotopic (exact) mass is 439 g/mol. The Morgan fingerprint density at radius 1 is 1.06 bits per heavy atom. The summed E-state index contributed by atoms with van der Waals surface area (Å²) in [6.45, 7) is 0.489. The zero-order valence-corrected chi connectivity index (χ0v) is 18.3. The van der Waals surface area contributed by atoms with Crippen LogP contribution in [-0.4, -0.2) is 44.5 Å². The summed E-state index contributed by atoms with van der Waals surface area (Å²) in [5.74, 6) is -0.696. The lowest BCUT2D eigenvalue weighted by atomic mass is 10.1. The number of halogens is 1. The summed E-state index contributed by atoms with van der Waals surface area (Å²) < 4.78 is 23.5. The number of nitrogens with zero attached hydrogens (tertiary/aromatic N) is 2. The largest absolute Gasteiger partial charge is 0.459 e. The predicted octanol–water partition coefficient (Wildman–Crippen LogP) is 3.91. The van der Waals surface area contributed by atoms with E-state index in [1.807, 2.05) is 31.1 Å². The third-order valence-electron chi connectivity index (χ3n) is 4.83. The molecule has 0 aliphatic carbocycles. The summed E-state index contributed by atoms with van der Waals surface area (Å²) in [5, 5.41) is 2.81. The number of ether oxygens (including phenoxy) is 1. The highest BCUT2D eigenvalue weighted by Crippen LogP contribution is 2.26. The highest BCUT2D eigenvalue weighted by Gasteiger charge is 2.18. The predicted molar refractivity (Wildman–Crippen MR) is 120 cm³/mol. The maximum absolute atomic E-state index is 13.3. The Kier molecular flexibility index (Phi) is 7.62. The minimum atomic E-state index is -0.364. The lowest BCUT2D eigenvalue weighted by Crippen LogP contribution is -2.33. The van der Waals surface area contributed by atoms with Crippen LogP contribution in [0.25, 0.3) is 0 Å². The zero-order chi connectivity index (χ0) is 23.1. The van der Waals surface area contributed by atoms with Gasteiger partial charge in [-0.1, -0.05) is 12.1 Å². The van der Waals surface area contributed by atoms with Gasteiger partial charge < -0.3 is 24.3 Å². The van der Waals surface area contributed by atoms with E-state index in [4.69, 9.17) is 9.15 Å².